The Hall–Kier alpha value is -2.31. The fraction of sp³-hybridized carbons (Fsp3) is 0.417. The third-order valence-electron chi connectivity index (χ3n) is 1.76. The molecular formula is C12H16O7. The standard InChI is InChI=1S/C12H16O7/c1-7(2)10(13)17-5-9(6-18-12(15)16)19-11(14)8(3)4/h9H,1,3,5-6H2,2,4H3,(H,15,16). The normalized spacial score (nSPS) is 11.1. The molecule has 1 unspecified atom stereocenters. The number of hydrogen-bond donors (Lipinski definition) is 1. The van der Waals surface area contributed by atoms with Gasteiger partial charge in [-0.2, -0.15) is 0 Å². The minimum Gasteiger partial charge on any atom is -0.458 e. The van der Waals surface area contributed by atoms with Crippen molar-refractivity contribution in [3.05, 3.63) is 24.3 Å². The third kappa shape index (κ3) is 7.58. The van der Waals surface area contributed by atoms with Crippen LogP contribution in [0.1, 0.15) is 13.8 Å². The first kappa shape index (κ1) is 16.7. The molecule has 0 heterocycles. The SMILES string of the molecule is C=C(C)C(=O)OCC(COC(=O)O)OC(=O)C(=C)C. The van der Waals surface area contributed by atoms with Crippen LogP contribution in [0.5, 0.6) is 0 Å². The molecule has 0 aromatic heterocycles. The van der Waals surface area contributed by atoms with Gasteiger partial charge in [-0.05, 0) is 13.8 Å². The van der Waals surface area contributed by atoms with Crippen molar-refractivity contribution in [3.63, 3.8) is 0 Å². The van der Waals surface area contributed by atoms with E-state index in [1.165, 1.54) is 13.8 Å². The maximum atomic E-state index is 11.3. The monoisotopic (exact) mass is 272 g/mol. The number of rotatable bonds is 7. The first-order valence-electron chi connectivity index (χ1n) is 5.29. The molecule has 0 saturated heterocycles. The zero-order valence-electron chi connectivity index (χ0n) is 10.8. The molecule has 0 bridgehead atoms. The lowest BCUT2D eigenvalue weighted by molar-refractivity contribution is -0.156. The Balaban J connectivity index is 4.44. The predicted octanol–water partition coefficient (Wildman–Crippen LogP) is 1.29. The highest BCUT2D eigenvalue weighted by Gasteiger charge is 2.19. The van der Waals surface area contributed by atoms with E-state index in [0.717, 1.165) is 0 Å². The largest absolute Gasteiger partial charge is 0.505 e. The van der Waals surface area contributed by atoms with Crippen LogP contribution in [-0.2, 0) is 23.8 Å². The zero-order chi connectivity index (χ0) is 15.0. The Morgan fingerprint density at radius 3 is 1.89 bits per heavy atom. The molecule has 0 aliphatic heterocycles. The molecule has 0 fully saturated rings. The van der Waals surface area contributed by atoms with E-state index in [4.69, 9.17) is 14.6 Å². The van der Waals surface area contributed by atoms with Gasteiger partial charge in [-0.1, -0.05) is 13.2 Å². The predicted molar refractivity (Wildman–Crippen MR) is 64.4 cm³/mol. The van der Waals surface area contributed by atoms with Crippen molar-refractivity contribution in [2.24, 2.45) is 0 Å². The van der Waals surface area contributed by atoms with E-state index in [2.05, 4.69) is 17.9 Å². The van der Waals surface area contributed by atoms with Crippen LogP contribution in [0.4, 0.5) is 4.79 Å². The summed E-state index contributed by atoms with van der Waals surface area (Å²) in [5, 5.41) is 8.37. The van der Waals surface area contributed by atoms with E-state index in [0.29, 0.717) is 0 Å². The van der Waals surface area contributed by atoms with Gasteiger partial charge in [0.25, 0.3) is 0 Å². The zero-order valence-corrected chi connectivity index (χ0v) is 10.8. The average molecular weight is 272 g/mol. The highest BCUT2D eigenvalue weighted by molar-refractivity contribution is 5.87. The number of carboxylic acid groups (broad SMARTS) is 1. The Morgan fingerprint density at radius 1 is 1.00 bits per heavy atom. The number of carbonyl (C=O) groups is 3. The lowest BCUT2D eigenvalue weighted by Gasteiger charge is -2.17. The molecule has 0 aliphatic carbocycles. The van der Waals surface area contributed by atoms with E-state index in [1.54, 1.807) is 0 Å². The van der Waals surface area contributed by atoms with E-state index in [1.807, 2.05) is 0 Å². The number of esters is 2. The van der Waals surface area contributed by atoms with Crippen molar-refractivity contribution < 1.29 is 33.7 Å². The van der Waals surface area contributed by atoms with Crippen molar-refractivity contribution in [3.8, 4) is 0 Å². The molecule has 1 atom stereocenters. The van der Waals surface area contributed by atoms with Crippen LogP contribution in [0, 0.1) is 0 Å². The summed E-state index contributed by atoms with van der Waals surface area (Å²) in [6.45, 7) is 8.84. The molecule has 0 saturated carbocycles. The second kappa shape index (κ2) is 7.91. The summed E-state index contributed by atoms with van der Waals surface area (Å²) in [6, 6.07) is 0. The molecule has 0 rings (SSSR count). The Morgan fingerprint density at radius 2 is 1.47 bits per heavy atom. The van der Waals surface area contributed by atoms with Crippen molar-refractivity contribution in [2.75, 3.05) is 13.2 Å². The van der Waals surface area contributed by atoms with Gasteiger partial charge in [-0.15, -0.1) is 0 Å². The van der Waals surface area contributed by atoms with Crippen molar-refractivity contribution in [1.82, 2.24) is 0 Å². The summed E-state index contributed by atoms with van der Waals surface area (Å²) >= 11 is 0. The fourth-order valence-corrected chi connectivity index (χ4v) is 0.824. The maximum Gasteiger partial charge on any atom is 0.505 e. The summed E-state index contributed by atoms with van der Waals surface area (Å²) in [4.78, 5) is 32.7. The van der Waals surface area contributed by atoms with Gasteiger partial charge in [0.1, 0.15) is 13.2 Å². The molecule has 106 valence electrons. The first-order chi connectivity index (χ1) is 8.73. The summed E-state index contributed by atoms with van der Waals surface area (Å²) in [6.07, 6.45) is -2.56. The summed E-state index contributed by atoms with van der Waals surface area (Å²) in [5.41, 5.74) is 0.302. The third-order valence-corrected chi connectivity index (χ3v) is 1.76. The molecule has 19 heavy (non-hydrogen) atoms. The van der Waals surface area contributed by atoms with Gasteiger partial charge in [0.05, 0.1) is 0 Å². The number of carbonyl (C=O) groups excluding carboxylic acids is 2. The lowest BCUT2D eigenvalue weighted by atomic mass is 10.3. The Kier molecular flexibility index (Phi) is 6.95. The smallest absolute Gasteiger partial charge is 0.458 e. The minimum absolute atomic E-state index is 0.131. The average Bonchev–Trinajstić information content (AvgIpc) is 2.31. The first-order valence-corrected chi connectivity index (χ1v) is 5.29. The number of ether oxygens (including phenoxy) is 3. The topological polar surface area (TPSA) is 99.1 Å². The van der Waals surface area contributed by atoms with E-state index in [9.17, 15) is 14.4 Å². The van der Waals surface area contributed by atoms with E-state index >= 15 is 0 Å². The van der Waals surface area contributed by atoms with Crippen LogP contribution in [0.2, 0.25) is 0 Å². The summed E-state index contributed by atoms with van der Waals surface area (Å²) in [7, 11) is 0. The Labute approximate surface area is 110 Å². The van der Waals surface area contributed by atoms with E-state index < -0.39 is 30.8 Å². The molecule has 7 nitrogen and oxygen atoms in total. The second-order valence-corrected chi connectivity index (χ2v) is 3.76. The van der Waals surface area contributed by atoms with Gasteiger partial charge in [-0.25, -0.2) is 14.4 Å². The molecule has 0 spiro atoms. The summed E-state index contributed by atoms with van der Waals surface area (Å²) in [5.74, 6) is -1.41. The maximum absolute atomic E-state index is 11.3. The molecule has 1 N–H and O–H groups in total. The fourth-order valence-electron chi connectivity index (χ4n) is 0.824. The highest BCUT2D eigenvalue weighted by Crippen LogP contribution is 2.03. The van der Waals surface area contributed by atoms with Gasteiger partial charge in [0.15, 0.2) is 6.10 Å². The van der Waals surface area contributed by atoms with Gasteiger partial charge in [-0.3, -0.25) is 0 Å². The van der Waals surface area contributed by atoms with Crippen LogP contribution in [0.15, 0.2) is 24.3 Å². The number of hydrogen-bond acceptors (Lipinski definition) is 6. The molecule has 7 heteroatoms. The van der Waals surface area contributed by atoms with Crippen LogP contribution in [0.25, 0.3) is 0 Å². The quantitative estimate of drug-likeness (QED) is 0.423. The Bertz CT molecular complexity index is 397. The lowest BCUT2D eigenvalue weighted by Crippen LogP contribution is -2.30. The molecule has 0 radical (unpaired) electrons. The molecule has 0 aliphatic rings. The van der Waals surface area contributed by atoms with Crippen molar-refractivity contribution in [2.45, 2.75) is 20.0 Å². The van der Waals surface area contributed by atoms with Gasteiger partial charge >= 0.3 is 18.1 Å². The van der Waals surface area contributed by atoms with Gasteiger partial charge in [0.2, 0.25) is 0 Å². The second-order valence-electron chi connectivity index (χ2n) is 3.76. The van der Waals surface area contributed by atoms with Gasteiger partial charge < -0.3 is 19.3 Å². The molecule has 0 amide bonds. The van der Waals surface area contributed by atoms with Crippen molar-refractivity contribution >= 4 is 18.1 Å². The van der Waals surface area contributed by atoms with Crippen LogP contribution >= 0.6 is 0 Å². The van der Waals surface area contributed by atoms with Crippen LogP contribution < -0.4 is 0 Å². The molecule has 0 aromatic rings. The van der Waals surface area contributed by atoms with Crippen molar-refractivity contribution in [1.29, 1.82) is 0 Å². The van der Waals surface area contributed by atoms with Crippen LogP contribution in [-0.4, -0.2) is 42.5 Å². The molecular weight excluding hydrogens is 256 g/mol. The van der Waals surface area contributed by atoms with E-state index in [-0.39, 0.29) is 17.8 Å². The minimum atomic E-state index is -1.53. The van der Waals surface area contributed by atoms with Gasteiger partial charge in [0, 0.05) is 11.1 Å². The van der Waals surface area contributed by atoms with Crippen LogP contribution in [0.3, 0.4) is 0 Å². The highest BCUT2D eigenvalue weighted by atomic mass is 16.7. The summed E-state index contributed by atoms with van der Waals surface area (Å²) < 4.78 is 13.9. The molecule has 0 aromatic carbocycles.